The van der Waals surface area contributed by atoms with Gasteiger partial charge >= 0.3 is 5.97 Å². The molecular formula is C12H16N2O2S. The summed E-state index contributed by atoms with van der Waals surface area (Å²) in [5.41, 5.74) is 0.291. The molecule has 0 saturated carbocycles. The molecule has 5 heteroatoms. The molecule has 0 aromatic carbocycles. The highest BCUT2D eigenvalue weighted by atomic mass is 32.2. The summed E-state index contributed by atoms with van der Waals surface area (Å²) in [6.45, 7) is 6.03. The number of hydrogen-bond donors (Lipinski definition) is 1. The number of pyridine rings is 1. The number of nitrogens with zero attached hydrogens (tertiary/aromatic N) is 2. The second-order valence-electron chi connectivity index (χ2n) is 4.34. The first-order valence-electron chi connectivity index (χ1n) is 5.66. The lowest BCUT2D eigenvalue weighted by molar-refractivity contribution is 0.0697. The number of aromatic nitrogens is 1. The molecule has 1 aromatic rings. The molecule has 1 N–H and O–H groups in total. The van der Waals surface area contributed by atoms with Gasteiger partial charge in [0.15, 0.2) is 0 Å². The highest BCUT2D eigenvalue weighted by Gasteiger charge is 2.26. The molecule has 2 rings (SSSR count). The molecule has 4 nitrogen and oxygen atoms in total. The summed E-state index contributed by atoms with van der Waals surface area (Å²) in [6.07, 6.45) is 1.65. The third-order valence-electron chi connectivity index (χ3n) is 2.74. The molecule has 0 bridgehead atoms. The van der Waals surface area contributed by atoms with Crippen molar-refractivity contribution in [2.45, 2.75) is 24.3 Å². The van der Waals surface area contributed by atoms with Gasteiger partial charge in [-0.1, -0.05) is 13.8 Å². The van der Waals surface area contributed by atoms with Crippen molar-refractivity contribution in [1.29, 1.82) is 0 Å². The van der Waals surface area contributed by atoms with Gasteiger partial charge in [-0.05, 0) is 12.1 Å². The third-order valence-corrected chi connectivity index (χ3v) is 3.96. The van der Waals surface area contributed by atoms with Gasteiger partial charge < -0.3 is 10.0 Å². The van der Waals surface area contributed by atoms with E-state index in [4.69, 9.17) is 5.11 Å². The van der Waals surface area contributed by atoms with E-state index in [1.807, 2.05) is 11.8 Å². The van der Waals surface area contributed by atoms with Crippen LogP contribution in [0.2, 0.25) is 0 Å². The molecule has 2 atom stereocenters. The number of rotatable bonds is 2. The van der Waals surface area contributed by atoms with Crippen molar-refractivity contribution in [3.63, 3.8) is 0 Å². The molecule has 0 aliphatic carbocycles. The fourth-order valence-electron chi connectivity index (χ4n) is 2.17. The quantitative estimate of drug-likeness (QED) is 0.873. The van der Waals surface area contributed by atoms with E-state index in [2.05, 4.69) is 23.7 Å². The summed E-state index contributed by atoms with van der Waals surface area (Å²) in [6, 6.07) is 3.28. The zero-order valence-corrected chi connectivity index (χ0v) is 10.8. The lowest BCUT2D eigenvalue weighted by atomic mass is 10.2. The molecule has 1 fully saturated rings. The first kappa shape index (κ1) is 12.2. The Kier molecular flexibility index (Phi) is 3.57. The van der Waals surface area contributed by atoms with Gasteiger partial charge in [-0.25, -0.2) is 9.78 Å². The van der Waals surface area contributed by atoms with Crippen LogP contribution >= 0.6 is 11.8 Å². The number of carboxylic acids is 1. The van der Waals surface area contributed by atoms with Gasteiger partial charge in [0.1, 0.15) is 11.4 Å². The smallest absolute Gasteiger partial charge is 0.339 e. The van der Waals surface area contributed by atoms with Crippen LogP contribution in [0.25, 0.3) is 0 Å². The summed E-state index contributed by atoms with van der Waals surface area (Å²) in [5.74, 6) is -0.314. The number of carboxylic acid groups (broad SMARTS) is 1. The van der Waals surface area contributed by atoms with Crippen LogP contribution in [0.15, 0.2) is 18.3 Å². The number of anilines is 1. The highest BCUT2D eigenvalue weighted by Crippen LogP contribution is 2.29. The maximum atomic E-state index is 11.2. The summed E-state index contributed by atoms with van der Waals surface area (Å²) in [7, 11) is 0. The second kappa shape index (κ2) is 4.96. The van der Waals surface area contributed by atoms with Gasteiger partial charge in [-0.3, -0.25) is 0 Å². The van der Waals surface area contributed by atoms with Crippen molar-refractivity contribution in [1.82, 2.24) is 4.98 Å². The molecule has 1 aliphatic rings. The SMILES string of the molecule is CC1CN(c2ncccc2C(=O)O)CC(C)S1. The molecule has 92 valence electrons. The molecule has 2 heterocycles. The zero-order valence-electron chi connectivity index (χ0n) is 9.96. The predicted octanol–water partition coefficient (Wildman–Crippen LogP) is 2.11. The van der Waals surface area contributed by atoms with Crippen molar-refractivity contribution in [3.05, 3.63) is 23.9 Å². The van der Waals surface area contributed by atoms with Crippen LogP contribution in [0.5, 0.6) is 0 Å². The molecular weight excluding hydrogens is 236 g/mol. The second-order valence-corrected chi connectivity index (χ2v) is 6.22. The van der Waals surface area contributed by atoms with Crippen LogP contribution in [-0.4, -0.2) is 39.6 Å². The molecule has 0 amide bonds. The van der Waals surface area contributed by atoms with Crippen molar-refractivity contribution in [2.24, 2.45) is 0 Å². The van der Waals surface area contributed by atoms with Crippen molar-refractivity contribution >= 4 is 23.5 Å². The average molecular weight is 252 g/mol. The Morgan fingerprint density at radius 1 is 1.47 bits per heavy atom. The summed E-state index contributed by atoms with van der Waals surface area (Å²) in [4.78, 5) is 17.5. The molecule has 1 aromatic heterocycles. The van der Waals surface area contributed by atoms with Crippen molar-refractivity contribution in [2.75, 3.05) is 18.0 Å². The lowest BCUT2D eigenvalue weighted by Crippen LogP contribution is -2.41. The van der Waals surface area contributed by atoms with Crippen LogP contribution in [0, 0.1) is 0 Å². The Labute approximate surface area is 105 Å². The monoisotopic (exact) mass is 252 g/mol. The van der Waals surface area contributed by atoms with E-state index in [1.165, 1.54) is 0 Å². The van der Waals surface area contributed by atoms with E-state index in [-0.39, 0.29) is 0 Å². The van der Waals surface area contributed by atoms with Gasteiger partial charge in [-0.15, -0.1) is 0 Å². The van der Waals surface area contributed by atoms with Crippen LogP contribution in [0.4, 0.5) is 5.82 Å². The Hall–Kier alpha value is -1.23. The third kappa shape index (κ3) is 2.72. The number of carbonyl (C=O) groups is 1. The fraction of sp³-hybridized carbons (Fsp3) is 0.500. The van der Waals surface area contributed by atoms with Gasteiger partial charge in [-0.2, -0.15) is 11.8 Å². The summed E-state index contributed by atoms with van der Waals surface area (Å²) < 4.78 is 0. The maximum absolute atomic E-state index is 11.2. The standard InChI is InChI=1S/C12H16N2O2S/c1-8-6-14(7-9(2)17-8)11-10(12(15)16)4-3-5-13-11/h3-5,8-9H,6-7H2,1-2H3,(H,15,16). The molecule has 1 aliphatic heterocycles. The Balaban J connectivity index is 2.30. The average Bonchev–Trinajstić information content (AvgIpc) is 2.27. The van der Waals surface area contributed by atoms with Crippen molar-refractivity contribution in [3.8, 4) is 0 Å². The molecule has 0 spiro atoms. The van der Waals surface area contributed by atoms with Gasteiger partial charge in [0, 0.05) is 29.8 Å². The largest absolute Gasteiger partial charge is 0.478 e. The van der Waals surface area contributed by atoms with E-state index < -0.39 is 5.97 Å². The summed E-state index contributed by atoms with van der Waals surface area (Å²) >= 11 is 1.94. The Bertz CT molecular complexity index is 415. The summed E-state index contributed by atoms with van der Waals surface area (Å²) in [5, 5.41) is 10.2. The minimum atomic E-state index is -0.911. The zero-order chi connectivity index (χ0) is 12.4. The first-order valence-corrected chi connectivity index (χ1v) is 6.61. The minimum Gasteiger partial charge on any atom is -0.478 e. The number of aromatic carboxylic acids is 1. The normalized spacial score (nSPS) is 24.7. The molecule has 17 heavy (non-hydrogen) atoms. The number of thioether (sulfide) groups is 1. The highest BCUT2D eigenvalue weighted by molar-refractivity contribution is 8.00. The van der Waals surface area contributed by atoms with Crippen LogP contribution < -0.4 is 4.90 Å². The molecule has 2 unspecified atom stereocenters. The van der Waals surface area contributed by atoms with E-state index in [1.54, 1.807) is 18.3 Å². The van der Waals surface area contributed by atoms with Crippen LogP contribution in [-0.2, 0) is 0 Å². The Morgan fingerprint density at radius 2 is 2.12 bits per heavy atom. The minimum absolute atomic E-state index is 0.291. The van der Waals surface area contributed by atoms with E-state index in [0.29, 0.717) is 21.9 Å². The Morgan fingerprint density at radius 3 is 2.71 bits per heavy atom. The lowest BCUT2D eigenvalue weighted by Gasteiger charge is -2.35. The van der Waals surface area contributed by atoms with Crippen molar-refractivity contribution < 1.29 is 9.90 Å². The van der Waals surface area contributed by atoms with E-state index in [0.717, 1.165) is 13.1 Å². The van der Waals surface area contributed by atoms with E-state index in [9.17, 15) is 4.79 Å². The predicted molar refractivity (Wildman–Crippen MR) is 69.9 cm³/mol. The van der Waals surface area contributed by atoms with E-state index >= 15 is 0 Å². The maximum Gasteiger partial charge on any atom is 0.339 e. The molecule has 1 saturated heterocycles. The molecule has 0 radical (unpaired) electrons. The first-order chi connectivity index (χ1) is 8.08. The topological polar surface area (TPSA) is 53.4 Å². The van der Waals surface area contributed by atoms with Gasteiger partial charge in [0.05, 0.1) is 0 Å². The van der Waals surface area contributed by atoms with Gasteiger partial charge in [0.25, 0.3) is 0 Å². The van der Waals surface area contributed by atoms with Crippen LogP contribution in [0.3, 0.4) is 0 Å². The van der Waals surface area contributed by atoms with Gasteiger partial charge in [0.2, 0.25) is 0 Å². The number of hydrogen-bond acceptors (Lipinski definition) is 4. The van der Waals surface area contributed by atoms with Crippen LogP contribution in [0.1, 0.15) is 24.2 Å². The fourth-order valence-corrected chi connectivity index (χ4v) is 3.49.